The molecule has 0 N–H and O–H groups in total. The summed E-state index contributed by atoms with van der Waals surface area (Å²) in [4.78, 5) is 2.49. The lowest BCUT2D eigenvalue weighted by Crippen LogP contribution is -2.12. The molecule has 2 heteroatoms. The summed E-state index contributed by atoms with van der Waals surface area (Å²) in [5.41, 5.74) is 16.9. The molecule has 2 nitrogen and oxygen atoms in total. The zero-order chi connectivity index (χ0) is 46.3. The van der Waals surface area contributed by atoms with E-state index in [4.69, 9.17) is 0 Å². The molecule has 0 saturated heterocycles. The predicted octanol–water partition coefficient (Wildman–Crippen LogP) is 18.7. The predicted molar refractivity (Wildman–Crippen MR) is 293 cm³/mol. The number of anilines is 3. The molecule has 0 amide bonds. The highest BCUT2D eigenvalue weighted by atomic mass is 15.1. The first-order valence-electron chi connectivity index (χ1n) is 24.0. The summed E-state index contributed by atoms with van der Waals surface area (Å²) in [6.07, 6.45) is 0. The molecule has 68 heavy (non-hydrogen) atoms. The molecule has 0 atom stereocenters. The van der Waals surface area contributed by atoms with E-state index in [0.717, 1.165) is 17.1 Å². The standard InChI is InChI=1S/C66H54N2/c1-65(2,3)50-31-37-61-56(41-50)57-42-51(66(4,5)6)32-38-62(57)68(61)60-36-30-46-27-33-54-59(35-29-45-28-34-55(60)64(46)63(45)54)67(58-26-14-13-25-53(58)44-19-11-8-12-20-44)52-24-16-23-49(40-52)48-22-15-21-47(39-48)43-17-9-7-10-18-43/h7-42H,1-6H3. The van der Waals surface area contributed by atoms with Gasteiger partial charge in [0.1, 0.15) is 0 Å². The Hall–Kier alpha value is -7.94. The molecule has 1 heterocycles. The molecule has 0 aliphatic heterocycles. The van der Waals surface area contributed by atoms with Gasteiger partial charge in [-0.25, -0.2) is 0 Å². The number of hydrogen-bond acceptors (Lipinski definition) is 1. The molecule has 0 bridgehead atoms. The van der Waals surface area contributed by atoms with Gasteiger partial charge in [-0.1, -0.05) is 199 Å². The first-order valence-corrected chi connectivity index (χ1v) is 24.0. The summed E-state index contributed by atoms with van der Waals surface area (Å²) in [6.45, 7) is 13.9. The van der Waals surface area contributed by atoms with Crippen molar-refractivity contribution in [1.29, 1.82) is 0 Å². The molecule has 1 aromatic heterocycles. The molecule has 328 valence electrons. The number of benzene rings is 11. The quantitative estimate of drug-likeness (QED) is 0.145. The third-order valence-corrected chi connectivity index (χ3v) is 14.2. The second-order valence-corrected chi connectivity index (χ2v) is 20.6. The van der Waals surface area contributed by atoms with E-state index in [1.165, 1.54) is 104 Å². The highest BCUT2D eigenvalue weighted by Gasteiger charge is 2.25. The Morgan fingerprint density at radius 3 is 1.49 bits per heavy atom. The Morgan fingerprint density at radius 1 is 0.338 bits per heavy atom. The lowest BCUT2D eigenvalue weighted by atomic mass is 9.85. The summed E-state index contributed by atoms with van der Waals surface area (Å²) in [5, 5.41) is 10.1. The number of hydrogen-bond donors (Lipinski definition) is 0. The van der Waals surface area contributed by atoms with Crippen molar-refractivity contribution >= 4 is 71.2 Å². The minimum Gasteiger partial charge on any atom is -0.309 e. The van der Waals surface area contributed by atoms with Crippen LogP contribution in [0.3, 0.4) is 0 Å². The van der Waals surface area contributed by atoms with Gasteiger partial charge < -0.3 is 9.47 Å². The molecule has 0 unspecified atom stereocenters. The van der Waals surface area contributed by atoms with Crippen LogP contribution in [-0.4, -0.2) is 4.57 Å². The van der Waals surface area contributed by atoms with Gasteiger partial charge in [-0.3, -0.25) is 0 Å². The third kappa shape index (κ3) is 6.94. The van der Waals surface area contributed by atoms with E-state index in [9.17, 15) is 0 Å². The van der Waals surface area contributed by atoms with Crippen molar-refractivity contribution in [3.63, 3.8) is 0 Å². The van der Waals surface area contributed by atoms with Gasteiger partial charge in [0.05, 0.1) is 28.1 Å². The number of rotatable bonds is 7. The second-order valence-electron chi connectivity index (χ2n) is 20.6. The minimum absolute atomic E-state index is 0.0270. The van der Waals surface area contributed by atoms with Crippen molar-refractivity contribution in [3.05, 3.63) is 230 Å². The Morgan fingerprint density at radius 2 is 0.838 bits per heavy atom. The Balaban J connectivity index is 1.10. The molecular weight excluding hydrogens is 821 g/mol. The van der Waals surface area contributed by atoms with Gasteiger partial charge in [0.25, 0.3) is 0 Å². The van der Waals surface area contributed by atoms with Crippen molar-refractivity contribution in [2.24, 2.45) is 0 Å². The zero-order valence-electron chi connectivity index (χ0n) is 39.7. The summed E-state index contributed by atoms with van der Waals surface area (Å²) in [7, 11) is 0. The Kier molecular flexibility index (Phi) is 9.67. The van der Waals surface area contributed by atoms with Crippen molar-refractivity contribution < 1.29 is 0 Å². The van der Waals surface area contributed by atoms with E-state index in [1.807, 2.05) is 0 Å². The van der Waals surface area contributed by atoms with Gasteiger partial charge in [-0.15, -0.1) is 0 Å². The van der Waals surface area contributed by atoms with Crippen LogP contribution in [0, 0.1) is 0 Å². The molecule has 0 aliphatic carbocycles. The third-order valence-electron chi connectivity index (χ3n) is 14.2. The molecule has 0 fully saturated rings. The molecular formula is C66H54N2. The van der Waals surface area contributed by atoms with E-state index in [0.29, 0.717) is 0 Å². The largest absolute Gasteiger partial charge is 0.309 e. The van der Waals surface area contributed by atoms with Gasteiger partial charge in [-0.2, -0.15) is 0 Å². The van der Waals surface area contributed by atoms with E-state index >= 15 is 0 Å². The Bertz CT molecular complexity index is 3790. The fourth-order valence-electron chi connectivity index (χ4n) is 10.6. The zero-order valence-corrected chi connectivity index (χ0v) is 39.7. The van der Waals surface area contributed by atoms with Crippen LogP contribution in [-0.2, 0) is 10.8 Å². The molecule has 12 aromatic rings. The summed E-state index contributed by atoms with van der Waals surface area (Å²) in [5.74, 6) is 0. The SMILES string of the molecule is CC(C)(C)c1ccc2c(c1)c1cc(C(C)(C)C)ccc1n2-c1ccc2ccc3c(N(c4cccc(-c5cccc(-c6ccccc6)c5)c4)c4ccccc4-c4ccccc4)ccc4ccc1c2c43. The van der Waals surface area contributed by atoms with Crippen molar-refractivity contribution in [3.8, 4) is 39.1 Å². The molecule has 0 radical (unpaired) electrons. The van der Waals surface area contributed by atoms with Crippen LogP contribution in [0.4, 0.5) is 17.1 Å². The van der Waals surface area contributed by atoms with Crippen LogP contribution in [0.2, 0.25) is 0 Å². The van der Waals surface area contributed by atoms with Crippen molar-refractivity contribution in [2.75, 3.05) is 4.90 Å². The van der Waals surface area contributed by atoms with Crippen molar-refractivity contribution in [1.82, 2.24) is 4.57 Å². The molecule has 0 aliphatic rings. The van der Waals surface area contributed by atoms with Gasteiger partial charge in [0, 0.05) is 32.8 Å². The lowest BCUT2D eigenvalue weighted by Gasteiger charge is -2.30. The number of nitrogens with zero attached hydrogens (tertiary/aromatic N) is 2. The second kappa shape index (κ2) is 15.9. The molecule has 0 saturated carbocycles. The highest BCUT2D eigenvalue weighted by molar-refractivity contribution is 6.27. The van der Waals surface area contributed by atoms with E-state index in [1.54, 1.807) is 0 Å². The smallest absolute Gasteiger partial charge is 0.0541 e. The minimum atomic E-state index is 0.0270. The fraction of sp³-hybridized carbons (Fsp3) is 0.121. The van der Waals surface area contributed by atoms with Crippen molar-refractivity contribution in [2.45, 2.75) is 52.4 Å². The summed E-state index contributed by atoms with van der Waals surface area (Å²) in [6, 6.07) is 81.3. The van der Waals surface area contributed by atoms with Crippen LogP contribution in [0.1, 0.15) is 52.7 Å². The Labute approximate surface area is 399 Å². The maximum absolute atomic E-state index is 2.52. The number of aromatic nitrogens is 1. The van der Waals surface area contributed by atoms with Crippen LogP contribution in [0.5, 0.6) is 0 Å². The van der Waals surface area contributed by atoms with Crippen LogP contribution >= 0.6 is 0 Å². The van der Waals surface area contributed by atoms with E-state index in [2.05, 4.69) is 269 Å². The fourth-order valence-corrected chi connectivity index (χ4v) is 10.6. The summed E-state index contributed by atoms with van der Waals surface area (Å²) < 4.78 is 2.52. The molecule has 12 rings (SSSR count). The highest BCUT2D eigenvalue weighted by Crippen LogP contribution is 2.48. The lowest BCUT2D eigenvalue weighted by molar-refractivity contribution is 0.590. The van der Waals surface area contributed by atoms with E-state index in [-0.39, 0.29) is 10.8 Å². The van der Waals surface area contributed by atoms with Gasteiger partial charge >= 0.3 is 0 Å². The molecule has 11 aromatic carbocycles. The van der Waals surface area contributed by atoms with Crippen LogP contribution < -0.4 is 4.90 Å². The maximum Gasteiger partial charge on any atom is 0.0541 e. The number of para-hydroxylation sites is 1. The number of fused-ring (bicyclic) bond motifs is 3. The molecule has 0 spiro atoms. The average Bonchev–Trinajstić information content (AvgIpc) is 3.69. The van der Waals surface area contributed by atoms with Gasteiger partial charge in [0.2, 0.25) is 0 Å². The average molecular weight is 875 g/mol. The topological polar surface area (TPSA) is 8.17 Å². The summed E-state index contributed by atoms with van der Waals surface area (Å²) >= 11 is 0. The van der Waals surface area contributed by atoms with E-state index < -0.39 is 0 Å². The normalized spacial score (nSPS) is 12.3. The van der Waals surface area contributed by atoms with Gasteiger partial charge in [0.15, 0.2) is 0 Å². The first-order chi connectivity index (χ1) is 33.0. The van der Waals surface area contributed by atoms with Gasteiger partial charge in [-0.05, 0) is 132 Å². The first kappa shape index (κ1) is 41.5. The van der Waals surface area contributed by atoms with Crippen LogP contribution in [0.25, 0.3) is 93.2 Å². The maximum atomic E-state index is 2.52. The monoisotopic (exact) mass is 874 g/mol. The van der Waals surface area contributed by atoms with Crippen LogP contribution in [0.15, 0.2) is 218 Å².